The van der Waals surface area contributed by atoms with Crippen LogP contribution in [0, 0.1) is 5.82 Å². The summed E-state index contributed by atoms with van der Waals surface area (Å²) in [6.07, 6.45) is 1.44. The van der Waals surface area contributed by atoms with Crippen LogP contribution in [-0.4, -0.2) is 6.21 Å². The lowest BCUT2D eigenvalue weighted by atomic mass is 10.2. The van der Waals surface area contributed by atoms with Crippen molar-refractivity contribution in [2.24, 2.45) is 5.10 Å². The smallest absolute Gasteiger partial charge is 0.133 e. The molecule has 0 aliphatic carbocycles. The molecule has 23 heavy (non-hydrogen) atoms. The summed E-state index contributed by atoms with van der Waals surface area (Å²) in [6, 6.07) is 23.9. The van der Waals surface area contributed by atoms with Crippen molar-refractivity contribution in [2.75, 3.05) is 5.01 Å². The molecule has 0 fully saturated rings. The molecule has 0 N–H and O–H groups in total. The molecule has 0 atom stereocenters. The monoisotopic (exact) mass is 324 g/mol. The molecular formula is C19H14ClFN2. The highest BCUT2D eigenvalue weighted by Gasteiger charge is 2.08. The fourth-order valence-corrected chi connectivity index (χ4v) is 2.38. The van der Waals surface area contributed by atoms with Crippen LogP contribution in [0.15, 0.2) is 84.0 Å². The van der Waals surface area contributed by atoms with Crippen LogP contribution in [0.4, 0.5) is 15.8 Å². The molecule has 3 rings (SSSR count). The Kier molecular flexibility index (Phi) is 4.69. The zero-order valence-electron chi connectivity index (χ0n) is 12.2. The van der Waals surface area contributed by atoms with E-state index in [4.69, 9.17) is 11.6 Å². The van der Waals surface area contributed by atoms with Crippen molar-refractivity contribution < 1.29 is 4.39 Å². The Morgan fingerprint density at radius 3 is 1.87 bits per heavy atom. The van der Waals surface area contributed by atoms with Crippen LogP contribution in [0.1, 0.15) is 5.56 Å². The molecule has 0 aliphatic heterocycles. The van der Waals surface area contributed by atoms with E-state index < -0.39 is 5.82 Å². The summed E-state index contributed by atoms with van der Waals surface area (Å²) in [5, 5.41) is 6.51. The Balaban J connectivity index is 2.02. The maximum Gasteiger partial charge on any atom is 0.133 e. The first-order chi connectivity index (χ1) is 11.3. The Morgan fingerprint density at radius 1 is 0.783 bits per heavy atom. The molecule has 3 aromatic rings. The molecule has 0 aromatic heterocycles. The van der Waals surface area contributed by atoms with Gasteiger partial charge in [0, 0.05) is 5.56 Å². The zero-order valence-corrected chi connectivity index (χ0v) is 13.0. The van der Waals surface area contributed by atoms with Crippen molar-refractivity contribution in [1.82, 2.24) is 0 Å². The quantitative estimate of drug-likeness (QED) is 0.447. The molecule has 0 unspecified atom stereocenters. The Bertz CT molecular complexity index is 744. The van der Waals surface area contributed by atoms with Crippen molar-refractivity contribution in [2.45, 2.75) is 0 Å². The van der Waals surface area contributed by atoms with Gasteiger partial charge >= 0.3 is 0 Å². The van der Waals surface area contributed by atoms with E-state index in [1.165, 1.54) is 12.3 Å². The average molecular weight is 325 g/mol. The lowest BCUT2D eigenvalue weighted by Gasteiger charge is -2.19. The van der Waals surface area contributed by atoms with Crippen LogP contribution >= 0.6 is 11.6 Å². The van der Waals surface area contributed by atoms with Gasteiger partial charge in [-0.25, -0.2) is 9.40 Å². The molecule has 0 spiro atoms. The van der Waals surface area contributed by atoms with E-state index in [0.717, 1.165) is 11.4 Å². The standard InChI is InChI=1S/C19H14ClFN2/c20-18-12-7-13-19(21)17(18)14-22-23(15-8-3-1-4-9-15)16-10-5-2-6-11-16/h1-14H/b22-14+. The van der Waals surface area contributed by atoms with Crippen LogP contribution < -0.4 is 5.01 Å². The lowest BCUT2D eigenvalue weighted by Crippen LogP contribution is -2.09. The number of benzene rings is 3. The SMILES string of the molecule is Fc1cccc(Cl)c1/C=N/N(c1ccccc1)c1ccccc1. The number of rotatable bonds is 4. The second kappa shape index (κ2) is 7.07. The van der Waals surface area contributed by atoms with E-state index in [0.29, 0.717) is 5.02 Å². The highest BCUT2D eigenvalue weighted by molar-refractivity contribution is 6.33. The van der Waals surface area contributed by atoms with Gasteiger partial charge in [-0.15, -0.1) is 0 Å². The molecular weight excluding hydrogens is 311 g/mol. The van der Waals surface area contributed by atoms with E-state index in [1.54, 1.807) is 17.1 Å². The van der Waals surface area contributed by atoms with Gasteiger partial charge in [0.05, 0.1) is 22.6 Å². The molecule has 3 aromatic carbocycles. The van der Waals surface area contributed by atoms with Crippen LogP contribution in [0.25, 0.3) is 0 Å². The lowest BCUT2D eigenvalue weighted by molar-refractivity contribution is 0.626. The third-order valence-electron chi connectivity index (χ3n) is 3.30. The molecule has 0 saturated carbocycles. The van der Waals surface area contributed by atoms with Gasteiger partial charge in [-0.1, -0.05) is 54.1 Å². The van der Waals surface area contributed by atoms with Crippen LogP contribution in [-0.2, 0) is 0 Å². The zero-order chi connectivity index (χ0) is 16.1. The molecule has 2 nitrogen and oxygen atoms in total. The molecule has 0 aliphatic rings. The molecule has 0 amide bonds. The first kappa shape index (κ1) is 15.3. The maximum atomic E-state index is 13.9. The summed E-state index contributed by atoms with van der Waals surface area (Å²) < 4.78 is 13.9. The molecule has 0 radical (unpaired) electrons. The molecule has 0 heterocycles. The molecule has 114 valence electrons. The van der Waals surface area contributed by atoms with Crippen LogP contribution in [0.3, 0.4) is 0 Å². The van der Waals surface area contributed by atoms with E-state index in [2.05, 4.69) is 5.10 Å². The summed E-state index contributed by atoms with van der Waals surface area (Å²) >= 11 is 6.06. The topological polar surface area (TPSA) is 15.6 Å². The van der Waals surface area contributed by atoms with Crippen molar-refractivity contribution in [3.63, 3.8) is 0 Å². The van der Waals surface area contributed by atoms with Gasteiger partial charge in [-0.3, -0.25) is 0 Å². The number of nitrogens with zero attached hydrogens (tertiary/aromatic N) is 2. The number of para-hydroxylation sites is 2. The van der Waals surface area contributed by atoms with Gasteiger partial charge in [0.15, 0.2) is 0 Å². The van der Waals surface area contributed by atoms with E-state index in [9.17, 15) is 4.39 Å². The van der Waals surface area contributed by atoms with E-state index >= 15 is 0 Å². The van der Waals surface area contributed by atoms with Crippen molar-refractivity contribution in [3.8, 4) is 0 Å². The minimum atomic E-state index is -0.401. The van der Waals surface area contributed by atoms with E-state index in [1.807, 2.05) is 60.7 Å². The summed E-state index contributed by atoms with van der Waals surface area (Å²) in [4.78, 5) is 0. The van der Waals surface area contributed by atoms with E-state index in [-0.39, 0.29) is 5.56 Å². The summed E-state index contributed by atoms with van der Waals surface area (Å²) in [5.74, 6) is -0.401. The Hall–Kier alpha value is -2.65. The number of hydrazone groups is 1. The average Bonchev–Trinajstić information content (AvgIpc) is 2.59. The Labute approximate surface area is 139 Å². The van der Waals surface area contributed by atoms with Gasteiger partial charge in [0.2, 0.25) is 0 Å². The third-order valence-corrected chi connectivity index (χ3v) is 3.63. The van der Waals surface area contributed by atoms with Crippen LogP contribution in [0.5, 0.6) is 0 Å². The highest BCUT2D eigenvalue weighted by atomic mass is 35.5. The normalized spacial score (nSPS) is 10.9. The predicted octanol–water partition coefficient (Wildman–Crippen LogP) is 5.65. The second-order valence-corrected chi connectivity index (χ2v) is 5.27. The third kappa shape index (κ3) is 3.58. The van der Waals surface area contributed by atoms with Gasteiger partial charge in [-0.2, -0.15) is 5.10 Å². The first-order valence-corrected chi connectivity index (χ1v) is 7.52. The fourth-order valence-electron chi connectivity index (χ4n) is 2.17. The molecule has 0 saturated heterocycles. The number of anilines is 2. The van der Waals surface area contributed by atoms with Crippen molar-refractivity contribution in [3.05, 3.63) is 95.3 Å². The minimum Gasteiger partial charge on any atom is -0.234 e. The number of hydrogen-bond acceptors (Lipinski definition) is 2. The maximum absolute atomic E-state index is 13.9. The summed E-state index contributed by atoms with van der Waals surface area (Å²) in [6.45, 7) is 0. The fraction of sp³-hybridized carbons (Fsp3) is 0. The van der Waals surface area contributed by atoms with Crippen LogP contribution in [0.2, 0.25) is 5.02 Å². The van der Waals surface area contributed by atoms with Crippen molar-refractivity contribution in [1.29, 1.82) is 0 Å². The second-order valence-electron chi connectivity index (χ2n) is 4.86. The first-order valence-electron chi connectivity index (χ1n) is 7.14. The number of hydrogen-bond donors (Lipinski definition) is 0. The molecule has 0 bridgehead atoms. The highest BCUT2D eigenvalue weighted by Crippen LogP contribution is 2.25. The van der Waals surface area contributed by atoms with Gasteiger partial charge in [-0.05, 0) is 36.4 Å². The Morgan fingerprint density at radius 2 is 1.35 bits per heavy atom. The van der Waals surface area contributed by atoms with Gasteiger partial charge in [0.1, 0.15) is 5.82 Å². The number of halogens is 2. The predicted molar refractivity (Wildman–Crippen MR) is 94.0 cm³/mol. The molecule has 4 heteroatoms. The van der Waals surface area contributed by atoms with Gasteiger partial charge < -0.3 is 0 Å². The summed E-state index contributed by atoms with van der Waals surface area (Å²) in [5.41, 5.74) is 2.02. The van der Waals surface area contributed by atoms with Crippen molar-refractivity contribution >= 4 is 29.2 Å². The minimum absolute atomic E-state index is 0.269. The summed E-state index contributed by atoms with van der Waals surface area (Å²) in [7, 11) is 0. The largest absolute Gasteiger partial charge is 0.234 e. The van der Waals surface area contributed by atoms with Gasteiger partial charge in [0.25, 0.3) is 0 Å².